The molecule has 1 N–H and O–H groups in total. The molecule has 0 saturated carbocycles. The van der Waals surface area contributed by atoms with Gasteiger partial charge in [0.1, 0.15) is 0 Å². The summed E-state index contributed by atoms with van der Waals surface area (Å²) in [6.45, 7) is 2.08. The first kappa shape index (κ1) is 12.3. The SMILES string of the molecule is CCc1ccccc1NC(=O)c1csc(Br)c1. The molecular weight excluding hydrogens is 298 g/mol. The molecule has 4 heteroatoms. The highest BCUT2D eigenvalue weighted by atomic mass is 79.9. The normalized spacial score (nSPS) is 10.2. The number of amides is 1. The third-order valence-corrected chi connectivity index (χ3v) is 3.98. The van der Waals surface area contributed by atoms with E-state index in [1.165, 1.54) is 11.3 Å². The van der Waals surface area contributed by atoms with E-state index in [4.69, 9.17) is 0 Å². The van der Waals surface area contributed by atoms with Crippen LogP contribution in [0.4, 0.5) is 5.69 Å². The highest BCUT2D eigenvalue weighted by molar-refractivity contribution is 9.11. The lowest BCUT2D eigenvalue weighted by Crippen LogP contribution is -2.12. The zero-order valence-corrected chi connectivity index (χ0v) is 11.8. The lowest BCUT2D eigenvalue weighted by Gasteiger charge is -2.08. The zero-order chi connectivity index (χ0) is 12.3. The van der Waals surface area contributed by atoms with Gasteiger partial charge in [0.05, 0.1) is 9.35 Å². The van der Waals surface area contributed by atoms with Crippen LogP contribution < -0.4 is 5.32 Å². The van der Waals surface area contributed by atoms with E-state index in [9.17, 15) is 4.79 Å². The van der Waals surface area contributed by atoms with Gasteiger partial charge in [0, 0.05) is 11.1 Å². The topological polar surface area (TPSA) is 29.1 Å². The molecular formula is C13H12BrNOS. The largest absolute Gasteiger partial charge is 0.322 e. The number of nitrogens with one attached hydrogen (secondary N) is 1. The fraction of sp³-hybridized carbons (Fsp3) is 0.154. The summed E-state index contributed by atoms with van der Waals surface area (Å²) < 4.78 is 0.964. The van der Waals surface area contributed by atoms with Gasteiger partial charge in [-0.1, -0.05) is 25.1 Å². The van der Waals surface area contributed by atoms with Crippen molar-refractivity contribution in [2.24, 2.45) is 0 Å². The van der Waals surface area contributed by atoms with Crippen molar-refractivity contribution in [1.29, 1.82) is 0 Å². The summed E-state index contributed by atoms with van der Waals surface area (Å²) in [4.78, 5) is 12.0. The highest BCUT2D eigenvalue weighted by Crippen LogP contribution is 2.22. The Balaban J connectivity index is 2.18. The van der Waals surface area contributed by atoms with E-state index in [0.29, 0.717) is 5.56 Å². The van der Waals surface area contributed by atoms with Crippen molar-refractivity contribution >= 4 is 38.9 Å². The number of aryl methyl sites for hydroxylation is 1. The van der Waals surface area contributed by atoms with Crippen molar-refractivity contribution < 1.29 is 4.79 Å². The van der Waals surface area contributed by atoms with E-state index < -0.39 is 0 Å². The molecule has 0 aliphatic carbocycles. The van der Waals surface area contributed by atoms with Gasteiger partial charge in [0.25, 0.3) is 5.91 Å². The minimum absolute atomic E-state index is 0.0622. The number of rotatable bonds is 3. The van der Waals surface area contributed by atoms with E-state index in [1.807, 2.05) is 35.7 Å². The molecule has 1 amide bonds. The van der Waals surface area contributed by atoms with Gasteiger partial charge in [-0.3, -0.25) is 4.79 Å². The second-order valence-electron chi connectivity index (χ2n) is 3.60. The Morgan fingerprint density at radius 3 is 2.82 bits per heavy atom. The number of carbonyl (C=O) groups is 1. The fourth-order valence-corrected chi connectivity index (χ4v) is 2.71. The van der Waals surface area contributed by atoms with Gasteiger partial charge in [0.15, 0.2) is 0 Å². The molecule has 17 heavy (non-hydrogen) atoms. The molecule has 0 aliphatic rings. The lowest BCUT2D eigenvalue weighted by atomic mass is 10.1. The smallest absolute Gasteiger partial charge is 0.256 e. The number of anilines is 1. The van der Waals surface area contributed by atoms with Crippen LogP contribution in [-0.4, -0.2) is 5.91 Å². The third kappa shape index (κ3) is 2.96. The Labute approximate surface area is 113 Å². The second-order valence-corrected chi connectivity index (χ2v) is 5.89. The summed E-state index contributed by atoms with van der Waals surface area (Å²) in [7, 11) is 0. The highest BCUT2D eigenvalue weighted by Gasteiger charge is 2.09. The van der Waals surface area contributed by atoms with Gasteiger partial charge in [-0.2, -0.15) is 0 Å². The van der Waals surface area contributed by atoms with Crippen LogP contribution >= 0.6 is 27.3 Å². The summed E-state index contributed by atoms with van der Waals surface area (Å²) in [6, 6.07) is 9.69. The van der Waals surface area contributed by atoms with Crippen LogP contribution in [-0.2, 0) is 6.42 Å². The van der Waals surface area contributed by atoms with Crippen molar-refractivity contribution in [2.75, 3.05) is 5.32 Å². The van der Waals surface area contributed by atoms with Crippen molar-refractivity contribution in [3.8, 4) is 0 Å². The van der Waals surface area contributed by atoms with Gasteiger partial charge in [-0.15, -0.1) is 11.3 Å². The summed E-state index contributed by atoms with van der Waals surface area (Å²) in [6.07, 6.45) is 0.907. The molecule has 2 nitrogen and oxygen atoms in total. The summed E-state index contributed by atoms with van der Waals surface area (Å²) >= 11 is 4.86. The van der Waals surface area contributed by atoms with E-state index in [0.717, 1.165) is 21.5 Å². The standard InChI is InChI=1S/C13H12BrNOS/c1-2-9-5-3-4-6-11(9)15-13(16)10-7-12(14)17-8-10/h3-8H,2H2,1H3,(H,15,16). The predicted octanol–water partition coefficient (Wildman–Crippen LogP) is 4.33. The van der Waals surface area contributed by atoms with Crippen molar-refractivity contribution in [3.05, 3.63) is 50.6 Å². The number of benzene rings is 1. The van der Waals surface area contributed by atoms with Gasteiger partial charge in [-0.25, -0.2) is 0 Å². The molecule has 1 aromatic heterocycles. The number of hydrogen-bond donors (Lipinski definition) is 1. The molecule has 0 fully saturated rings. The van der Waals surface area contributed by atoms with Gasteiger partial charge < -0.3 is 5.32 Å². The Bertz CT molecular complexity index is 536. The number of carbonyl (C=O) groups excluding carboxylic acids is 1. The first-order valence-electron chi connectivity index (χ1n) is 5.34. The Morgan fingerprint density at radius 2 is 2.18 bits per heavy atom. The van der Waals surface area contributed by atoms with Gasteiger partial charge in [0.2, 0.25) is 0 Å². The molecule has 0 atom stereocenters. The summed E-state index contributed by atoms with van der Waals surface area (Å²) in [5.41, 5.74) is 2.73. The van der Waals surface area contributed by atoms with Crippen LogP contribution in [0.3, 0.4) is 0 Å². The second kappa shape index (κ2) is 5.47. The van der Waals surface area contributed by atoms with Crippen molar-refractivity contribution in [3.63, 3.8) is 0 Å². The van der Waals surface area contributed by atoms with Crippen LogP contribution in [0, 0.1) is 0 Å². The maximum absolute atomic E-state index is 12.0. The van der Waals surface area contributed by atoms with Crippen LogP contribution in [0.25, 0.3) is 0 Å². The molecule has 2 rings (SSSR count). The molecule has 0 bridgehead atoms. The average molecular weight is 310 g/mol. The third-order valence-electron chi connectivity index (χ3n) is 2.48. The van der Waals surface area contributed by atoms with Crippen molar-refractivity contribution in [2.45, 2.75) is 13.3 Å². The maximum atomic E-state index is 12.0. The number of hydrogen-bond acceptors (Lipinski definition) is 2. The predicted molar refractivity (Wildman–Crippen MR) is 75.8 cm³/mol. The summed E-state index contributed by atoms with van der Waals surface area (Å²) in [5, 5.41) is 4.78. The monoisotopic (exact) mass is 309 g/mol. The number of thiophene rings is 1. The Kier molecular flexibility index (Phi) is 3.97. The zero-order valence-electron chi connectivity index (χ0n) is 9.37. The van der Waals surface area contributed by atoms with E-state index in [1.54, 1.807) is 0 Å². The molecule has 1 aromatic carbocycles. The van der Waals surface area contributed by atoms with Crippen molar-refractivity contribution in [1.82, 2.24) is 0 Å². The van der Waals surface area contributed by atoms with Crippen LogP contribution in [0.1, 0.15) is 22.8 Å². The first-order chi connectivity index (χ1) is 8.20. The van der Waals surface area contributed by atoms with E-state index in [2.05, 4.69) is 28.2 Å². The van der Waals surface area contributed by atoms with E-state index in [-0.39, 0.29) is 5.91 Å². The van der Waals surface area contributed by atoms with Crippen LogP contribution in [0.2, 0.25) is 0 Å². The molecule has 2 aromatic rings. The molecule has 0 unspecified atom stereocenters. The fourth-order valence-electron chi connectivity index (χ4n) is 1.57. The average Bonchev–Trinajstić information content (AvgIpc) is 2.77. The quantitative estimate of drug-likeness (QED) is 0.898. The molecule has 0 radical (unpaired) electrons. The minimum Gasteiger partial charge on any atom is -0.322 e. The van der Waals surface area contributed by atoms with Crippen LogP contribution in [0.15, 0.2) is 39.5 Å². The maximum Gasteiger partial charge on any atom is 0.256 e. The minimum atomic E-state index is -0.0622. The summed E-state index contributed by atoms with van der Waals surface area (Å²) in [5.74, 6) is -0.0622. The molecule has 1 heterocycles. The first-order valence-corrected chi connectivity index (χ1v) is 7.01. The Morgan fingerprint density at radius 1 is 1.41 bits per heavy atom. The molecule has 0 saturated heterocycles. The Hall–Kier alpha value is -1.13. The lowest BCUT2D eigenvalue weighted by molar-refractivity contribution is 0.102. The van der Waals surface area contributed by atoms with Gasteiger partial charge in [-0.05, 0) is 40.0 Å². The molecule has 88 valence electrons. The number of para-hydroxylation sites is 1. The number of halogens is 1. The molecule has 0 aliphatic heterocycles. The van der Waals surface area contributed by atoms with Gasteiger partial charge >= 0.3 is 0 Å². The van der Waals surface area contributed by atoms with Crippen LogP contribution in [0.5, 0.6) is 0 Å². The molecule has 0 spiro atoms. The van der Waals surface area contributed by atoms with E-state index >= 15 is 0 Å².